The molecule has 0 radical (unpaired) electrons. The average molecular weight is 352 g/mol. The van der Waals surface area contributed by atoms with Crippen LogP contribution < -0.4 is 5.73 Å². The van der Waals surface area contributed by atoms with Gasteiger partial charge in [-0.05, 0) is 31.0 Å². The zero-order chi connectivity index (χ0) is 17.1. The molecule has 1 aromatic heterocycles. The van der Waals surface area contributed by atoms with Crippen molar-refractivity contribution in [2.45, 2.75) is 31.3 Å². The number of methoxy groups -OCH3 is 1. The van der Waals surface area contributed by atoms with E-state index < -0.39 is 0 Å². The lowest BCUT2D eigenvalue weighted by atomic mass is 9.96. The Morgan fingerprint density at radius 2 is 2.25 bits per heavy atom. The second-order valence-electron chi connectivity index (χ2n) is 6.12. The number of halogens is 1. The molecule has 1 amide bonds. The first-order valence-corrected chi connectivity index (χ1v) is 8.55. The van der Waals surface area contributed by atoms with E-state index in [1.54, 1.807) is 19.2 Å². The summed E-state index contributed by atoms with van der Waals surface area (Å²) in [5.41, 5.74) is 7.11. The molecule has 1 aliphatic rings. The van der Waals surface area contributed by atoms with Crippen LogP contribution in [0.2, 0.25) is 5.02 Å². The lowest BCUT2D eigenvalue weighted by Crippen LogP contribution is -2.40. The Bertz CT molecular complexity index is 706. The Labute approximate surface area is 145 Å². The highest BCUT2D eigenvalue weighted by molar-refractivity contribution is 6.31. The van der Waals surface area contributed by atoms with E-state index in [1.165, 1.54) is 0 Å². The van der Waals surface area contributed by atoms with Gasteiger partial charge in [0.1, 0.15) is 5.52 Å². The van der Waals surface area contributed by atoms with Gasteiger partial charge in [0.2, 0.25) is 5.91 Å². The van der Waals surface area contributed by atoms with Gasteiger partial charge in [-0.25, -0.2) is 4.98 Å². The Hall–Kier alpha value is -1.63. The number of likely N-dealkylation sites (tertiary alicyclic amines) is 1. The summed E-state index contributed by atoms with van der Waals surface area (Å²) >= 11 is 5.99. The molecule has 1 saturated heterocycles. The molecule has 3 rings (SSSR count). The van der Waals surface area contributed by atoms with E-state index in [-0.39, 0.29) is 17.9 Å². The smallest absolute Gasteiger partial charge is 0.225 e. The van der Waals surface area contributed by atoms with Crippen LogP contribution in [0.25, 0.3) is 11.1 Å². The molecule has 0 bridgehead atoms. The van der Waals surface area contributed by atoms with E-state index in [0.717, 1.165) is 29.8 Å². The van der Waals surface area contributed by atoms with E-state index in [0.29, 0.717) is 31.1 Å². The number of oxazole rings is 1. The van der Waals surface area contributed by atoms with Crippen molar-refractivity contribution < 1.29 is 13.9 Å². The maximum absolute atomic E-state index is 12.3. The zero-order valence-electron chi connectivity index (χ0n) is 13.7. The summed E-state index contributed by atoms with van der Waals surface area (Å²) < 4.78 is 11.0. The van der Waals surface area contributed by atoms with Crippen LogP contribution in [-0.2, 0) is 9.53 Å². The Morgan fingerprint density at radius 1 is 1.50 bits per heavy atom. The predicted octanol–water partition coefficient (Wildman–Crippen LogP) is 2.55. The summed E-state index contributed by atoms with van der Waals surface area (Å²) in [5, 5.41) is 0.648. The van der Waals surface area contributed by atoms with Gasteiger partial charge in [0.15, 0.2) is 11.5 Å². The summed E-state index contributed by atoms with van der Waals surface area (Å²) in [6, 6.07) is 5.44. The molecule has 1 unspecified atom stereocenters. The first kappa shape index (κ1) is 17.2. The molecular weight excluding hydrogens is 330 g/mol. The molecule has 1 aromatic carbocycles. The Morgan fingerprint density at radius 3 is 2.92 bits per heavy atom. The molecule has 1 aliphatic heterocycles. The first-order valence-electron chi connectivity index (χ1n) is 8.17. The number of carbonyl (C=O) groups is 1. The Balaban J connectivity index is 1.60. The van der Waals surface area contributed by atoms with Crippen molar-refractivity contribution in [3.63, 3.8) is 0 Å². The number of benzene rings is 1. The Kier molecular flexibility index (Phi) is 5.38. The van der Waals surface area contributed by atoms with Crippen LogP contribution in [0, 0.1) is 0 Å². The number of hydrogen-bond donors (Lipinski definition) is 1. The van der Waals surface area contributed by atoms with Crippen molar-refractivity contribution in [1.29, 1.82) is 0 Å². The topological polar surface area (TPSA) is 81.6 Å². The van der Waals surface area contributed by atoms with E-state index in [4.69, 9.17) is 26.5 Å². The van der Waals surface area contributed by atoms with E-state index in [9.17, 15) is 4.79 Å². The van der Waals surface area contributed by atoms with Crippen LogP contribution in [0.15, 0.2) is 22.6 Å². The number of rotatable bonds is 5. The lowest BCUT2D eigenvalue weighted by Gasteiger charge is -2.31. The number of amides is 1. The van der Waals surface area contributed by atoms with Crippen LogP contribution in [0.1, 0.15) is 31.1 Å². The minimum absolute atomic E-state index is 0.0927. The fraction of sp³-hybridized carbons (Fsp3) is 0.529. The highest BCUT2D eigenvalue weighted by atomic mass is 35.5. The molecule has 1 atom stereocenters. The molecule has 6 nitrogen and oxygen atoms in total. The van der Waals surface area contributed by atoms with Crippen molar-refractivity contribution in [2.24, 2.45) is 5.73 Å². The van der Waals surface area contributed by atoms with Gasteiger partial charge in [-0.2, -0.15) is 0 Å². The van der Waals surface area contributed by atoms with E-state index in [1.807, 2.05) is 11.0 Å². The molecule has 0 aliphatic carbocycles. The molecular formula is C17H22ClN3O3. The first-order chi connectivity index (χ1) is 11.6. The quantitative estimate of drug-likeness (QED) is 0.895. The molecule has 0 saturated carbocycles. The molecule has 130 valence electrons. The standard InChI is InChI=1S/C17H22ClN3O3/c1-23-13(10-19)9-16(22)21-6-4-11(5-7-21)17-20-14-8-12(18)2-3-15(14)24-17/h2-3,8,11,13H,4-7,9-10,19H2,1H3. The average Bonchev–Trinajstić information content (AvgIpc) is 3.02. The third kappa shape index (κ3) is 3.71. The van der Waals surface area contributed by atoms with Crippen LogP contribution in [-0.4, -0.2) is 48.6 Å². The predicted molar refractivity (Wildman–Crippen MR) is 92.0 cm³/mol. The minimum atomic E-state index is -0.211. The van der Waals surface area contributed by atoms with Gasteiger partial charge in [-0.1, -0.05) is 11.6 Å². The second kappa shape index (κ2) is 7.51. The van der Waals surface area contributed by atoms with Gasteiger partial charge in [-0.15, -0.1) is 0 Å². The number of ether oxygens (including phenoxy) is 1. The van der Waals surface area contributed by atoms with Crippen LogP contribution in [0.3, 0.4) is 0 Å². The number of aromatic nitrogens is 1. The fourth-order valence-electron chi connectivity index (χ4n) is 3.06. The van der Waals surface area contributed by atoms with Crippen LogP contribution in [0.4, 0.5) is 0 Å². The second-order valence-corrected chi connectivity index (χ2v) is 6.55. The number of fused-ring (bicyclic) bond motifs is 1. The normalized spacial score (nSPS) is 17.4. The van der Waals surface area contributed by atoms with Gasteiger partial charge in [-0.3, -0.25) is 4.79 Å². The van der Waals surface area contributed by atoms with Crippen molar-refractivity contribution in [2.75, 3.05) is 26.7 Å². The maximum Gasteiger partial charge on any atom is 0.225 e. The minimum Gasteiger partial charge on any atom is -0.440 e. The third-order valence-corrected chi connectivity index (χ3v) is 4.80. The highest BCUT2D eigenvalue weighted by Gasteiger charge is 2.28. The molecule has 7 heteroatoms. The SMILES string of the molecule is COC(CN)CC(=O)N1CCC(c2nc3cc(Cl)ccc3o2)CC1. The van der Waals surface area contributed by atoms with Gasteiger partial charge < -0.3 is 19.8 Å². The summed E-state index contributed by atoms with van der Waals surface area (Å²) in [6.45, 7) is 1.75. The maximum atomic E-state index is 12.3. The number of nitrogens with zero attached hydrogens (tertiary/aromatic N) is 2. The van der Waals surface area contributed by atoms with Crippen molar-refractivity contribution in [3.05, 3.63) is 29.1 Å². The monoisotopic (exact) mass is 351 g/mol. The zero-order valence-corrected chi connectivity index (χ0v) is 14.5. The molecule has 1 fully saturated rings. The van der Waals surface area contributed by atoms with Gasteiger partial charge >= 0.3 is 0 Å². The molecule has 24 heavy (non-hydrogen) atoms. The lowest BCUT2D eigenvalue weighted by molar-refractivity contribution is -0.134. The summed E-state index contributed by atoms with van der Waals surface area (Å²) in [6.07, 6.45) is 1.80. The summed E-state index contributed by atoms with van der Waals surface area (Å²) in [7, 11) is 1.58. The van der Waals surface area contributed by atoms with E-state index in [2.05, 4.69) is 4.98 Å². The van der Waals surface area contributed by atoms with Crippen molar-refractivity contribution in [1.82, 2.24) is 9.88 Å². The van der Waals surface area contributed by atoms with Gasteiger partial charge in [0.05, 0.1) is 12.5 Å². The number of hydrogen-bond acceptors (Lipinski definition) is 5. The molecule has 2 aromatic rings. The summed E-state index contributed by atoms with van der Waals surface area (Å²) in [4.78, 5) is 18.7. The highest BCUT2D eigenvalue weighted by Crippen LogP contribution is 2.31. The van der Waals surface area contributed by atoms with Crippen LogP contribution >= 0.6 is 11.6 Å². The number of nitrogens with two attached hydrogens (primary N) is 1. The van der Waals surface area contributed by atoms with E-state index >= 15 is 0 Å². The third-order valence-electron chi connectivity index (χ3n) is 4.56. The fourth-order valence-corrected chi connectivity index (χ4v) is 3.22. The number of piperidine rings is 1. The van der Waals surface area contributed by atoms with Crippen LogP contribution in [0.5, 0.6) is 0 Å². The number of carbonyl (C=O) groups excluding carboxylic acids is 1. The molecule has 2 N–H and O–H groups in total. The van der Waals surface area contributed by atoms with Crippen molar-refractivity contribution >= 4 is 28.6 Å². The molecule has 2 heterocycles. The summed E-state index contributed by atoms with van der Waals surface area (Å²) in [5.74, 6) is 1.05. The molecule has 0 spiro atoms. The van der Waals surface area contributed by atoms with Gasteiger partial charge in [0.25, 0.3) is 0 Å². The van der Waals surface area contributed by atoms with Gasteiger partial charge in [0, 0.05) is 37.7 Å². The largest absolute Gasteiger partial charge is 0.440 e. The van der Waals surface area contributed by atoms with Crippen molar-refractivity contribution in [3.8, 4) is 0 Å².